The predicted molar refractivity (Wildman–Crippen MR) is 57.4 cm³/mol. The molecule has 0 bridgehead atoms. The maximum Gasteiger partial charge on any atom is 0.292 e. The summed E-state index contributed by atoms with van der Waals surface area (Å²) in [5, 5.41) is 22.0. The average molecular weight is 251 g/mol. The predicted octanol–water partition coefficient (Wildman–Crippen LogP) is 1.10. The first kappa shape index (κ1) is 11.6. The number of carbonyl (C=O) groups is 1. The molecule has 0 unspecified atom stereocenters. The van der Waals surface area contributed by atoms with Gasteiger partial charge in [0.25, 0.3) is 11.6 Å². The van der Waals surface area contributed by atoms with Crippen molar-refractivity contribution in [2.24, 2.45) is 0 Å². The summed E-state index contributed by atoms with van der Waals surface area (Å²) >= 11 is 0. The Morgan fingerprint density at radius 2 is 2.28 bits per heavy atom. The van der Waals surface area contributed by atoms with E-state index in [2.05, 4.69) is 20.7 Å². The van der Waals surface area contributed by atoms with Gasteiger partial charge in [0, 0.05) is 12.1 Å². The number of nitrogens with zero attached hydrogens (tertiary/aromatic N) is 3. The van der Waals surface area contributed by atoms with Gasteiger partial charge in [-0.15, -0.1) is 0 Å². The molecule has 0 atom stereocenters. The number of carbonyl (C=O) groups excluding carboxylic acids is 1. The van der Waals surface area contributed by atoms with E-state index in [-0.39, 0.29) is 11.4 Å². The minimum Gasteiger partial charge on any atom is -0.315 e. The Balaban J connectivity index is 2.31. The molecule has 1 aromatic heterocycles. The maximum atomic E-state index is 13.0. The van der Waals surface area contributed by atoms with E-state index in [1.165, 1.54) is 0 Å². The molecule has 9 heteroatoms. The number of H-pyrrole nitrogens is 1. The number of nitro groups is 1. The number of halogens is 1. The molecule has 18 heavy (non-hydrogen) atoms. The number of benzene rings is 1. The number of hydrogen-bond donors (Lipinski definition) is 2. The molecule has 0 saturated heterocycles. The summed E-state index contributed by atoms with van der Waals surface area (Å²) in [5.41, 5.74) is -0.713. The lowest BCUT2D eigenvalue weighted by molar-refractivity contribution is -0.384. The second kappa shape index (κ2) is 4.57. The molecule has 0 fully saturated rings. The number of anilines is 1. The summed E-state index contributed by atoms with van der Waals surface area (Å²) < 4.78 is 13.0. The van der Waals surface area contributed by atoms with Crippen LogP contribution >= 0.6 is 0 Å². The minimum atomic E-state index is -0.725. The molecule has 92 valence electrons. The van der Waals surface area contributed by atoms with Crippen molar-refractivity contribution < 1.29 is 14.1 Å². The van der Waals surface area contributed by atoms with E-state index < -0.39 is 22.3 Å². The number of aromatic amines is 1. The third kappa shape index (κ3) is 2.29. The van der Waals surface area contributed by atoms with Crippen molar-refractivity contribution in [2.75, 3.05) is 5.32 Å². The Morgan fingerprint density at radius 3 is 2.89 bits per heavy atom. The molecule has 0 spiro atoms. The quantitative estimate of drug-likeness (QED) is 0.626. The fourth-order valence-electron chi connectivity index (χ4n) is 1.26. The molecule has 0 saturated carbocycles. The number of aromatic nitrogens is 3. The van der Waals surface area contributed by atoms with E-state index >= 15 is 0 Å². The minimum absolute atomic E-state index is 0.0615. The number of nitro benzene ring substituents is 1. The van der Waals surface area contributed by atoms with E-state index in [9.17, 15) is 19.3 Å². The molecule has 1 heterocycles. The van der Waals surface area contributed by atoms with E-state index in [1.807, 2.05) is 0 Å². The zero-order chi connectivity index (χ0) is 13.1. The first-order chi connectivity index (χ1) is 8.58. The Labute approximate surface area is 99.0 Å². The highest BCUT2D eigenvalue weighted by molar-refractivity contribution is 6.03. The lowest BCUT2D eigenvalue weighted by Gasteiger charge is -2.03. The van der Waals surface area contributed by atoms with Gasteiger partial charge in [-0.2, -0.15) is 15.4 Å². The van der Waals surface area contributed by atoms with Crippen molar-refractivity contribution in [1.29, 1.82) is 0 Å². The van der Waals surface area contributed by atoms with Gasteiger partial charge in [0.2, 0.25) is 0 Å². The molecule has 2 N–H and O–H groups in total. The highest BCUT2D eigenvalue weighted by atomic mass is 19.1. The Bertz CT molecular complexity index is 598. The molecule has 0 aliphatic carbocycles. The summed E-state index contributed by atoms with van der Waals surface area (Å²) in [6.45, 7) is 0. The summed E-state index contributed by atoms with van der Waals surface area (Å²) in [6, 6.07) is 2.76. The van der Waals surface area contributed by atoms with Crippen LogP contribution in [0.4, 0.5) is 15.8 Å². The van der Waals surface area contributed by atoms with Gasteiger partial charge in [-0.1, -0.05) is 0 Å². The molecule has 1 amide bonds. The van der Waals surface area contributed by atoms with Crippen molar-refractivity contribution in [1.82, 2.24) is 15.4 Å². The van der Waals surface area contributed by atoms with Crippen molar-refractivity contribution in [3.05, 3.63) is 46.0 Å². The topological polar surface area (TPSA) is 114 Å². The van der Waals surface area contributed by atoms with E-state index in [1.54, 1.807) is 0 Å². The fourth-order valence-corrected chi connectivity index (χ4v) is 1.26. The van der Waals surface area contributed by atoms with Crippen LogP contribution in [-0.4, -0.2) is 26.2 Å². The number of amides is 1. The summed E-state index contributed by atoms with van der Waals surface area (Å²) in [5.74, 6) is -1.42. The monoisotopic (exact) mass is 251 g/mol. The van der Waals surface area contributed by atoms with Crippen LogP contribution in [0.1, 0.15) is 10.5 Å². The Kier molecular flexibility index (Phi) is 2.96. The molecular weight excluding hydrogens is 245 g/mol. The molecular formula is C9H6FN5O3. The second-order valence-electron chi connectivity index (χ2n) is 3.23. The van der Waals surface area contributed by atoms with Crippen LogP contribution in [-0.2, 0) is 0 Å². The lowest BCUT2D eigenvalue weighted by atomic mass is 10.2. The van der Waals surface area contributed by atoms with Crippen molar-refractivity contribution in [2.45, 2.75) is 0 Å². The van der Waals surface area contributed by atoms with Crippen molar-refractivity contribution in [3.63, 3.8) is 0 Å². The van der Waals surface area contributed by atoms with Gasteiger partial charge >= 0.3 is 0 Å². The number of hydrogen-bond acceptors (Lipinski definition) is 5. The van der Waals surface area contributed by atoms with Crippen LogP contribution in [0.2, 0.25) is 0 Å². The lowest BCUT2D eigenvalue weighted by Crippen LogP contribution is -2.13. The van der Waals surface area contributed by atoms with Crippen LogP contribution < -0.4 is 5.32 Å². The summed E-state index contributed by atoms with van der Waals surface area (Å²) in [6.07, 6.45) is 1.14. The Hall–Kier alpha value is -2.84. The standard InChI is InChI=1S/C9H6FN5O3/c10-5-1-2-8(15(17)18)6(3-5)12-9(16)7-4-11-14-13-7/h1-4H,(H,12,16)(H,11,13,14). The van der Waals surface area contributed by atoms with Gasteiger partial charge in [-0.25, -0.2) is 4.39 Å². The molecule has 0 radical (unpaired) electrons. The maximum absolute atomic E-state index is 13.0. The van der Waals surface area contributed by atoms with Gasteiger partial charge in [0.15, 0.2) is 5.69 Å². The van der Waals surface area contributed by atoms with Crippen LogP contribution in [0.5, 0.6) is 0 Å². The Morgan fingerprint density at radius 1 is 1.50 bits per heavy atom. The zero-order valence-electron chi connectivity index (χ0n) is 8.75. The van der Waals surface area contributed by atoms with Crippen LogP contribution in [0.15, 0.2) is 24.4 Å². The first-order valence-corrected chi connectivity index (χ1v) is 4.69. The molecule has 2 aromatic rings. The van der Waals surface area contributed by atoms with E-state index in [4.69, 9.17) is 0 Å². The highest BCUT2D eigenvalue weighted by Crippen LogP contribution is 2.25. The average Bonchev–Trinajstić information content (AvgIpc) is 2.81. The van der Waals surface area contributed by atoms with Crippen LogP contribution in [0.25, 0.3) is 0 Å². The van der Waals surface area contributed by atoms with Crippen LogP contribution in [0.3, 0.4) is 0 Å². The smallest absolute Gasteiger partial charge is 0.292 e. The van der Waals surface area contributed by atoms with E-state index in [0.717, 1.165) is 24.4 Å². The van der Waals surface area contributed by atoms with Crippen molar-refractivity contribution >= 4 is 17.3 Å². The van der Waals surface area contributed by atoms with Gasteiger partial charge in [0.05, 0.1) is 11.1 Å². The van der Waals surface area contributed by atoms with Gasteiger partial charge in [-0.05, 0) is 6.07 Å². The molecule has 0 aliphatic heterocycles. The first-order valence-electron chi connectivity index (χ1n) is 4.69. The van der Waals surface area contributed by atoms with Gasteiger partial charge in [-0.3, -0.25) is 14.9 Å². The third-order valence-corrected chi connectivity index (χ3v) is 2.05. The highest BCUT2D eigenvalue weighted by Gasteiger charge is 2.18. The SMILES string of the molecule is O=C(Nc1cc(F)ccc1[N+](=O)[O-])c1cn[nH]n1. The molecule has 2 rings (SSSR count). The van der Waals surface area contributed by atoms with Crippen LogP contribution in [0, 0.1) is 15.9 Å². The normalized spacial score (nSPS) is 10.1. The molecule has 0 aliphatic rings. The van der Waals surface area contributed by atoms with Gasteiger partial charge < -0.3 is 5.32 Å². The third-order valence-electron chi connectivity index (χ3n) is 2.05. The second-order valence-corrected chi connectivity index (χ2v) is 3.23. The van der Waals surface area contributed by atoms with Crippen molar-refractivity contribution in [3.8, 4) is 0 Å². The summed E-state index contributed by atoms with van der Waals surface area (Å²) in [7, 11) is 0. The van der Waals surface area contributed by atoms with Gasteiger partial charge in [0.1, 0.15) is 11.5 Å². The zero-order valence-corrected chi connectivity index (χ0v) is 8.75. The summed E-state index contributed by atoms with van der Waals surface area (Å²) in [4.78, 5) is 21.6. The fraction of sp³-hybridized carbons (Fsp3) is 0. The molecule has 8 nitrogen and oxygen atoms in total. The number of nitrogens with one attached hydrogen (secondary N) is 2. The largest absolute Gasteiger partial charge is 0.315 e. The number of rotatable bonds is 3. The van der Waals surface area contributed by atoms with E-state index in [0.29, 0.717) is 0 Å². The molecule has 1 aromatic carbocycles.